The SMILES string of the molecule is CC(=N[S+]([O-])C(C)(C)C)c1cccc(OC(F)F)c1F. The summed E-state index contributed by atoms with van der Waals surface area (Å²) in [6.07, 6.45) is 0. The molecule has 1 aromatic rings. The molecule has 3 nitrogen and oxygen atoms in total. The summed E-state index contributed by atoms with van der Waals surface area (Å²) in [7, 11) is 0. The summed E-state index contributed by atoms with van der Waals surface area (Å²) in [6.45, 7) is 3.54. The third-order valence-corrected chi connectivity index (χ3v) is 3.80. The van der Waals surface area contributed by atoms with Crippen LogP contribution in [0.4, 0.5) is 13.2 Å². The molecular weight excluding hydrogens is 291 g/mol. The molecule has 0 saturated carbocycles. The van der Waals surface area contributed by atoms with Gasteiger partial charge in [0.1, 0.15) is 16.1 Å². The smallest absolute Gasteiger partial charge is 0.387 e. The predicted octanol–water partition coefficient (Wildman–Crippen LogP) is 3.70. The molecule has 1 atom stereocenters. The quantitative estimate of drug-likeness (QED) is 0.629. The lowest BCUT2D eigenvalue weighted by Gasteiger charge is -2.19. The van der Waals surface area contributed by atoms with Gasteiger partial charge in [0.2, 0.25) is 0 Å². The van der Waals surface area contributed by atoms with E-state index < -0.39 is 34.3 Å². The number of alkyl halides is 2. The van der Waals surface area contributed by atoms with Gasteiger partial charge in [0, 0.05) is 5.56 Å². The Morgan fingerprint density at radius 2 is 1.95 bits per heavy atom. The average Bonchev–Trinajstić information content (AvgIpc) is 2.29. The molecule has 0 spiro atoms. The lowest BCUT2D eigenvalue weighted by Crippen LogP contribution is -2.26. The summed E-state index contributed by atoms with van der Waals surface area (Å²) < 4.78 is 57.5. The number of nitrogens with zero attached hydrogens (tertiary/aromatic N) is 1. The van der Waals surface area contributed by atoms with Gasteiger partial charge in [0.25, 0.3) is 0 Å². The maximum absolute atomic E-state index is 14.0. The predicted molar refractivity (Wildman–Crippen MR) is 73.1 cm³/mol. The second-order valence-corrected chi connectivity index (χ2v) is 6.94. The van der Waals surface area contributed by atoms with Crippen molar-refractivity contribution in [1.82, 2.24) is 0 Å². The second kappa shape index (κ2) is 6.49. The molecule has 0 heterocycles. The number of halogens is 3. The minimum atomic E-state index is -3.11. The van der Waals surface area contributed by atoms with Crippen molar-refractivity contribution in [2.24, 2.45) is 4.40 Å². The molecule has 0 aliphatic carbocycles. The highest BCUT2D eigenvalue weighted by Crippen LogP contribution is 2.24. The van der Waals surface area contributed by atoms with Gasteiger partial charge in [0.05, 0.1) is 5.71 Å². The van der Waals surface area contributed by atoms with Crippen LogP contribution in [0.15, 0.2) is 22.6 Å². The zero-order chi connectivity index (χ0) is 15.5. The maximum Gasteiger partial charge on any atom is 0.387 e. The van der Waals surface area contributed by atoms with E-state index in [0.717, 1.165) is 6.07 Å². The van der Waals surface area contributed by atoms with Crippen molar-refractivity contribution < 1.29 is 22.5 Å². The molecule has 0 aromatic heterocycles. The van der Waals surface area contributed by atoms with Crippen molar-refractivity contribution in [3.05, 3.63) is 29.6 Å². The molecule has 20 heavy (non-hydrogen) atoms. The first-order valence-electron chi connectivity index (χ1n) is 5.84. The summed E-state index contributed by atoms with van der Waals surface area (Å²) in [5.41, 5.74) is 0.149. The zero-order valence-corrected chi connectivity index (χ0v) is 12.4. The molecule has 1 aromatic carbocycles. The van der Waals surface area contributed by atoms with Gasteiger partial charge in [-0.1, -0.05) is 10.5 Å². The molecule has 1 unspecified atom stereocenters. The van der Waals surface area contributed by atoms with Crippen LogP contribution in [0, 0.1) is 5.82 Å². The van der Waals surface area contributed by atoms with Crippen LogP contribution in [0.25, 0.3) is 0 Å². The first kappa shape index (κ1) is 16.8. The van der Waals surface area contributed by atoms with Gasteiger partial charge in [-0.25, -0.2) is 4.39 Å². The van der Waals surface area contributed by atoms with Crippen molar-refractivity contribution in [3.63, 3.8) is 0 Å². The Bertz CT molecular complexity index is 501. The Morgan fingerprint density at radius 3 is 2.45 bits per heavy atom. The topological polar surface area (TPSA) is 44.7 Å². The summed E-state index contributed by atoms with van der Waals surface area (Å²) >= 11 is -1.56. The van der Waals surface area contributed by atoms with Crippen LogP contribution < -0.4 is 4.74 Å². The fourth-order valence-corrected chi connectivity index (χ4v) is 1.91. The molecular formula is C13H16F3NO2S. The summed E-state index contributed by atoms with van der Waals surface area (Å²) in [4.78, 5) is 0. The Morgan fingerprint density at radius 1 is 1.35 bits per heavy atom. The summed E-state index contributed by atoms with van der Waals surface area (Å²) in [5.74, 6) is -1.51. The van der Waals surface area contributed by atoms with Gasteiger partial charge in [-0.15, -0.1) is 0 Å². The van der Waals surface area contributed by atoms with E-state index >= 15 is 0 Å². The fourth-order valence-electron chi connectivity index (χ4n) is 1.29. The minimum Gasteiger partial charge on any atom is -0.591 e. The molecule has 0 fully saturated rings. The van der Waals surface area contributed by atoms with Crippen LogP contribution in [0.2, 0.25) is 0 Å². The summed E-state index contributed by atoms with van der Waals surface area (Å²) in [6, 6.07) is 3.83. The van der Waals surface area contributed by atoms with Gasteiger partial charge < -0.3 is 9.29 Å². The first-order valence-corrected chi connectivity index (χ1v) is 6.94. The van der Waals surface area contributed by atoms with Crippen molar-refractivity contribution in [2.45, 2.75) is 39.1 Å². The van der Waals surface area contributed by atoms with E-state index in [1.165, 1.54) is 19.1 Å². The van der Waals surface area contributed by atoms with Crippen molar-refractivity contribution in [3.8, 4) is 5.75 Å². The molecule has 0 aliphatic heterocycles. The van der Waals surface area contributed by atoms with Gasteiger partial charge in [0.15, 0.2) is 11.6 Å². The highest BCUT2D eigenvalue weighted by molar-refractivity contribution is 7.91. The summed E-state index contributed by atoms with van der Waals surface area (Å²) in [5, 5.41) is 0. The van der Waals surface area contributed by atoms with Crippen LogP contribution in [0.3, 0.4) is 0 Å². The molecule has 0 radical (unpaired) electrons. The molecule has 0 amide bonds. The average molecular weight is 307 g/mol. The van der Waals surface area contributed by atoms with Gasteiger partial charge in [-0.2, -0.15) is 8.78 Å². The lowest BCUT2D eigenvalue weighted by atomic mass is 10.1. The largest absolute Gasteiger partial charge is 0.591 e. The number of hydrogen-bond donors (Lipinski definition) is 0. The fraction of sp³-hybridized carbons (Fsp3) is 0.462. The van der Waals surface area contributed by atoms with E-state index in [9.17, 15) is 17.7 Å². The van der Waals surface area contributed by atoms with E-state index in [4.69, 9.17) is 0 Å². The number of hydrogen-bond acceptors (Lipinski definition) is 3. The van der Waals surface area contributed by atoms with E-state index in [1.54, 1.807) is 20.8 Å². The normalized spacial score (nSPS) is 14.6. The highest BCUT2D eigenvalue weighted by Gasteiger charge is 2.27. The Balaban J connectivity index is 3.11. The zero-order valence-electron chi connectivity index (χ0n) is 11.6. The van der Waals surface area contributed by atoms with Crippen LogP contribution in [0.1, 0.15) is 33.3 Å². The Kier molecular flexibility index (Phi) is 5.47. The molecule has 112 valence electrons. The molecule has 0 aliphatic rings. The van der Waals surface area contributed by atoms with Gasteiger partial charge in [-0.3, -0.25) is 0 Å². The minimum absolute atomic E-state index is 0.0132. The number of ether oxygens (including phenoxy) is 1. The van der Waals surface area contributed by atoms with E-state index in [2.05, 4.69) is 9.13 Å². The van der Waals surface area contributed by atoms with Crippen LogP contribution in [0.5, 0.6) is 5.75 Å². The maximum atomic E-state index is 14.0. The van der Waals surface area contributed by atoms with Gasteiger partial charge >= 0.3 is 6.61 Å². The molecule has 0 N–H and O–H groups in total. The van der Waals surface area contributed by atoms with Crippen LogP contribution in [-0.4, -0.2) is 21.6 Å². The van der Waals surface area contributed by atoms with Crippen LogP contribution >= 0.6 is 0 Å². The van der Waals surface area contributed by atoms with Crippen LogP contribution in [-0.2, 0) is 11.4 Å². The standard InChI is InChI=1S/C13H16F3NO2S/c1-8(17-20(18)13(2,3)4)9-6-5-7-10(11(9)14)19-12(15)16/h5-7,12H,1-4H3. The third kappa shape index (κ3) is 4.42. The van der Waals surface area contributed by atoms with Crippen molar-refractivity contribution in [1.29, 1.82) is 0 Å². The molecule has 7 heteroatoms. The molecule has 0 saturated heterocycles. The first-order chi connectivity index (χ1) is 9.12. The van der Waals surface area contributed by atoms with E-state index in [0.29, 0.717) is 0 Å². The third-order valence-electron chi connectivity index (χ3n) is 2.31. The number of rotatable bonds is 4. The Labute approximate surface area is 119 Å². The molecule has 0 bridgehead atoms. The van der Waals surface area contributed by atoms with E-state index in [-0.39, 0.29) is 11.3 Å². The van der Waals surface area contributed by atoms with Crippen molar-refractivity contribution >= 4 is 17.1 Å². The van der Waals surface area contributed by atoms with E-state index in [1.807, 2.05) is 0 Å². The number of benzene rings is 1. The Hall–Kier alpha value is -1.21. The van der Waals surface area contributed by atoms with Crippen molar-refractivity contribution in [2.75, 3.05) is 0 Å². The van der Waals surface area contributed by atoms with Gasteiger partial charge in [-0.05, 0) is 39.8 Å². The highest BCUT2D eigenvalue weighted by atomic mass is 32.2. The lowest BCUT2D eigenvalue weighted by molar-refractivity contribution is -0.0522. The molecule has 1 rings (SSSR count). The second-order valence-electron chi connectivity index (χ2n) is 5.03. The monoisotopic (exact) mass is 307 g/mol.